The molecule has 1 aromatic rings. The summed E-state index contributed by atoms with van der Waals surface area (Å²) in [7, 11) is 2.16. The van der Waals surface area contributed by atoms with Crippen molar-refractivity contribution in [1.82, 2.24) is 10.2 Å². The Kier molecular flexibility index (Phi) is 9.49. The van der Waals surface area contributed by atoms with E-state index in [2.05, 4.69) is 36.3 Å². The topological polar surface area (TPSA) is 36.9 Å². The summed E-state index contributed by atoms with van der Waals surface area (Å²) in [5.41, 5.74) is 1.06. The summed E-state index contributed by atoms with van der Waals surface area (Å²) < 4.78 is 0. The lowest BCUT2D eigenvalue weighted by Crippen LogP contribution is -2.28. The molecule has 0 aromatic heterocycles. The Morgan fingerprint density at radius 2 is 1.90 bits per heavy atom. The van der Waals surface area contributed by atoms with E-state index in [4.69, 9.17) is 4.84 Å². The van der Waals surface area contributed by atoms with Crippen molar-refractivity contribution in [2.24, 2.45) is 5.16 Å². The Labute approximate surface area is 129 Å². The van der Waals surface area contributed by atoms with Gasteiger partial charge in [0.05, 0.1) is 6.21 Å². The number of nitrogens with zero attached hydrogens (tertiary/aromatic N) is 2. The summed E-state index contributed by atoms with van der Waals surface area (Å²) in [6, 6.07) is 10.6. The number of oxime groups is 1. The lowest BCUT2D eigenvalue weighted by molar-refractivity contribution is 0.133. The maximum absolute atomic E-state index is 5.28. The quantitative estimate of drug-likeness (QED) is 0.387. The Balaban J connectivity index is 1.97. The van der Waals surface area contributed by atoms with Gasteiger partial charge in [-0.1, -0.05) is 49.3 Å². The van der Waals surface area contributed by atoms with Crippen LogP contribution in [0.2, 0.25) is 0 Å². The molecule has 4 nitrogen and oxygen atoms in total. The van der Waals surface area contributed by atoms with Gasteiger partial charge in [0.1, 0.15) is 6.61 Å². The van der Waals surface area contributed by atoms with Crippen LogP contribution in [0.25, 0.3) is 0 Å². The molecular formula is C17H29N3O. The molecule has 0 aliphatic heterocycles. The van der Waals surface area contributed by atoms with Crippen LogP contribution in [0.3, 0.4) is 0 Å². The molecular weight excluding hydrogens is 262 g/mol. The summed E-state index contributed by atoms with van der Waals surface area (Å²) in [5.74, 6) is 0. The molecule has 0 aliphatic rings. The smallest absolute Gasteiger partial charge is 0.118 e. The third-order valence-electron chi connectivity index (χ3n) is 3.12. The first kappa shape index (κ1) is 17.7. The second kappa shape index (κ2) is 11.3. The van der Waals surface area contributed by atoms with E-state index in [0.29, 0.717) is 12.6 Å². The average molecular weight is 291 g/mol. The van der Waals surface area contributed by atoms with Crippen molar-refractivity contribution in [3.63, 3.8) is 0 Å². The first-order valence-electron chi connectivity index (χ1n) is 7.81. The highest BCUT2D eigenvalue weighted by Gasteiger charge is 1.98. The van der Waals surface area contributed by atoms with Gasteiger partial charge < -0.3 is 15.1 Å². The molecule has 0 amide bonds. The van der Waals surface area contributed by atoms with Gasteiger partial charge >= 0.3 is 0 Å². The number of hydrogen-bond donors (Lipinski definition) is 1. The average Bonchev–Trinajstić information content (AvgIpc) is 2.48. The van der Waals surface area contributed by atoms with Crippen LogP contribution in [0.5, 0.6) is 0 Å². The highest BCUT2D eigenvalue weighted by molar-refractivity contribution is 5.78. The number of nitrogens with one attached hydrogen (secondary N) is 1. The summed E-state index contributed by atoms with van der Waals surface area (Å²) in [5, 5.41) is 7.41. The fourth-order valence-electron chi connectivity index (χ4n) is 1.94. The van der Waals surface area contributed by atoms with Crippen LogP contribution >= 0.6 is 0 Å². The minimum atomic E-state index is 0.575. The lowest BCUT2D eigenvalue weighted by Gasteiger charge is -2.16. The van der Waals surface area contributed by atoms with Crippen molar-refractivity contribution >= 4 is 6.21 Å². The monoisotopic (exact) mass is 291 g/mol. The van der Waals surface area contributed by atoms with Gasteiger partial charge in [-0.05, 0) is 38.5 Å². The standard InChI is InChI=1S/C17H29N3O/c1-16(2)18-11-7-12-20(3)13-8-14-21-19-15-17-9-5-4-6-10-17/h4-6,9-10,15-16,18H,7-8,11-14H2,1-3H3/b19-15+. The van der Waals surface area contributed by atoms with Crippen LogP contribution in [-0.2, 0) is 4.84 Å². The van der Waals surface area contributed by atoms with E-state index in [1.807, 2.05) is 30.3 Å². The zero-order valence-corrected chi connectivity index (χ0v) is 13.6. The van der Waals surface area contributed by atoms with Crippen LogP contribution in [0, 0.1) is 0 Å². The van der Waals surface area contributed by atoms with Gasteiger partial charge in [-0.3, -0.25) is 0 Å². The molecule has 21 heavy (non-hydrogen) atoms. The molecule has 0 atom stereocenters. The molecule has 0 fully saturated rings. The predicted molar refractivity (Wildman–Crippen MR) is 89.9 cm³/mol. The van der Waals surface area contributed by atoms with Crippen LogP contribution in [0.1, 0.15) is 32.3 Å². The van der Waals surface area contributed by atoms with E-state index in [1.54, 1.807) is 6.21 Å². The Bertz CT molecular complexity index is 379. The van der Waals surface area contributed by atoms with Gasteiger partial charge in [0.2, 0.25) is 0 Å². The predicted octanol–water partition coefficient (Wildman–Crippen LogP) is 2.75. The number of hydrogen-bond acceptors (Lipinski definition) is 4. The lowest BCUT2D eigenvalue weighted by atomic mass is 10.2. The van der Waals surface area contributed by atoms with Crippen molar-refractivity contribution in [3.8, 4) is 0 Å². The largest absolute Gasteiger partial charge is 0.396 e. The molecule has 0 heterocycles. The number of benzene rings is 1. The van der Waals surface area contributed by atoms with Gasteiger partial charge in [-0.15, -0.1) is 0 Å². The first-order valence-corrected chi connectivity index (χ1v) is 7.81. The Morgan fingerprint density at radius 1 is 1.19 bits per heavy atom. The van der Waals surface area contributed by atoms with E-state index in [1.165, 1.54) is 6.42 Å². The fourth-order valence-corrected chi connectivity index (χ4v) is 1.94. The second-order valence-corrected chi connectivity index (χ2v) is 5.60. The molecule has 0 saturated carbocycles. The van der Waals surface area contributed by atoms with Crippen molar-refractivity contribution < 1.29 is 4.84 Å². The van der Waals surface area contributed by atoms with Gasteiger partial charge in [-0.2, -0.15) is 0 Å². The molecule has 4 heteroatoms. The molecule has 1 N–H and O–H groups in total. The molecule has 1 aromatic carbocycles. The van der Waals surface area contributed by atoms with Crippen LogP contribution in [0.4, 0.5) is 0 Å². The minimum Gasteiger partial charge on any atom is -0.396 e. The van der Waals surface area contributed by atoms with Crippen LogP contribution < -0.4 is 5.32 Å². The summed E-state index contributed by atoms with van der Waals surface area (Å²) in [4.78, 5) is 7.62. The van der Waals surface area contributed by atoms with E-state index in [-0.39, 0.29) is 0 Å². The first-order chi connectivity index (χ1) is 10.2. The third kappa shape index (κ3) is 10.0. The van der Waals surface area contributed by atoms with Gasteiger partial charge in [0.25, 0.3) is 0 Å². The van der Waals surface area contributed by atoms with Crippen LogP contribution in [-0.4, -0.2) is 50.4 Å². The van der Waals surface area contributed by atoms with E-state index < -0.39 is 0 Å². The maximum Gasteiger partial charge on any atom is 0.118 e. The molecule has 118 valence electrons. The zero-order chi connectivity index (χ0) is 15.3. The summed E-state index contributed by atoms with van der Waals surface area (Å²) >= 11 is 0. The van der Waals surface area contributed by atoms with Crippen molar-refractivity contribution in [2.75, 3.05) is 33.3 Å². The molecule has 0 saturated heterocycles. The van der Waals surface area contributed by atoms with Gasteiger partial charge in [0.15, 0.2) is 0 Å². The van der Waals surface area contributed by atoms with Gasteiger partial charge in [0, 0.05) is 12.6 Å². The summed E-state index contributed by atoms with van der Waals surface area (Å²) in [6.07, 6.45) is 3.93. The molecule has 0 radical (unpaired) electrons. The summed E-state index contributed by atoms with van der Waals surface area (Å²) in [6.45, 7) is 8.27. The fraction of sp³-hybridized carbons (Fsp3) is 0.588. The van der Waals surface area contributed by atoms with Crippen molar-refractivity contribution in [1.29, 1.82) is 0 Å². The Hall–Kier alpha value is -1.39. The maximum atomic E-state index is 5.28. The van der Waals surface area contributed by atoms with Gasteiger partial charge in [-0.25, -0.2) is 0 Å². The molecule has 1 rings (SSSR count). The normalized spacial score (nSPS) is 11.7. The second-order valence-electron chi connectivity index (χ2n) is 5.60. The molecule has 0 bridgehead atoms. The highest BCUT2D eigenvalue weighted by Crippen LogP contribution is 1.95. The van der Waals surface area contributed by atoms with E-state index in [0.717, 1.165) is 31.6 Å². The molecule has 0 spiro atoms. The van der Waals surface area contributed by atoms with E-state index >= 15 is 0 Å². The van der Waals surface area contributed by atoms with Crippen LogP contribution in [0.15, 0.2) is 35.5 Å². The minimum absolute atomic E-state index is 0.575. The zero-order valence-electron chi connectivity index (χ0n) is 13.6. The number of rotatable bonds is 11. The van der Waals surface area contributed by atoms with Crippen molar-refractivity contribution in [3.05, 3.63) is 35.9 Å². The molecule has 0 unspecified atom stereocenters. The SMILES string of the molecule is CC(C)NCCCN(C)CCCO/N=C/c1ccccc1. The molecule has 0 aliphatic carbocycles. The van der Waals surface area contributed by atoms with Crippen molar-refractivity contribution in [2.45, 2.75) is 32.7 Å². The third-order valence-corrected chi connectivity index (χ3v) is 3.12. The Morgan fingerprint density at radius 3 is 2.62 bits per heavy atom. The highest BCUT2D eigenvalue weighted by atomic mass is 16.6. The van der Waals surface area contributed by atoms with E-state index in [9.17, 15) is 0 Å².